The van der Waals surface area contributed by atoms with Gasteiger partial charge in [0.05, 0.1) is 17.5 Å². The zero-order valence-electron chi connectivity index (χ0n) is 10.6. The first-order valence-corrected chi connectivity index (χ1v) is 7.85. The maximum atomic E-state index is 12.0. The molecular weight excluding hydrogens is 240 g/mol. The van der Waals surface area contributed by atoms with Crippen molar-refractivity contribution >= 4 is 10.0 Å². The fourth-order valence-electron chi connectivity index (χ4n) is 2.15. The highest BCUT2D eigenvalue weighted by Gasteiger charge is 2.32. The molecule has 17 heavy (non-hydrogen) atoms. The van der Waals surface area contributed by atoms with Gasteiger partial charge >= 0.3 is 0 Å². The molecule has 6 heteroatoms. The van der Waals surface area contributed by atoms with E-state index in [1.807, 2.05) is 0 Å². The molecule has 2 rings (SSSR count). The number of nitrogens with zero attached hydrogens (tertiary/aromatic N) is 1. The van der Waals surface area contributed by atoms with E-state index in [0.717, 1.165) is 25.9 Å². The number of sulfonamides is 1. The van der Waals surface area contributed by atoms with E-state index < -0.39 is 10.0 Å². The van der Waals surface area contributed by atoms with Gasteiger partial charge in [0.15, 0.2) is 0 Å². The molecule has 0 amide bonds. The third-order valence-corrected chi connectivity index (χ3v) is 5.76. The predicted molar refractivity (Wildman–Crippen MR) is 66.4 cm³/mol. The molecule has 0 spiro atoms. The summed E-state index contributed by atoms with van der Waals surface area (Å²) in [6.07, 6.45) is 2.22. The van der Waals surface area contributed by atoms with Gasteiger partial charge in [0.2, 0.25) is 10.0 Å². The van der Waals surface area contributed by atoms with Gasteiger partial charge in [-0.15, -0.1) is 0 Å². The van der Waals surface area contributed by atoms with Gasteiger partial charge in [0.25, 0.3) is 0 Å². The molecule has 0 atom stereocenters. The molecule has 0 unspecified atom stereocenters. The summed E-state index contributed by atoms with van der Waals surface area (Å²) in [6, 6.07) is 0. The normalized spacial score (nSPS) is 25.1. The average molecular weight is 262 g/mol. The Balaban J connectivity index is 1.81. The molecule has 2 fully saturated rings. The van der Waals surface area contributed by atoms with E-state index in [1.54, 1.807) is 18.2 Å². The van der Waals surface area contributed by atoms with Gasteiger partial charge in [0.1, 0.15) is 0 Å². The van der Waals surface area contributed by atoms with Crippen LogP contribution in [-0.2, 0) is 14.8 Å². The molecular formula is C11H22N2O3S. The topological polar surface area (TPSA) is 58.6 Å². The number of rotatable bonds is 4. The molecule has 1 N–H and O–H groups in total. The Morgan fingerprint density at radius 2 is 1.76 bits per heavy atom. The molecule has 0 aliphatic carbocycles. The Kier molecular flexibility index (Phi) is 4.07. The smallest absolute Gasteiger partial charge is 0.216 e. The Labute approximate surface area is 104 Å². The number of piperidine rings is 1. The van der Waals surface area contributed by atoms with E-state index >= 15 is 0 Å². The Hall–Kier alpha value is -0.170. The lowest BCUT2D eigenvalue weighted by Crippen LogP contribution is -2.52. The lowest BCUT2D eigenvalue weighted by Gasteiger charge is -2.36. The lowest BCUT2D eigenvalue weighted by molar-refractivity contribution is -0.0552. The first kappa shape index (κ1) is 13.3. The summed E-state index contributed by atoms with van der Waals surface area (Å²) in [7, 11) is -3.08. The van der Waals surface area contributed by atoms with Crippen LogP contribution in [0.1, 0.15) is 26.7 Å². The molecule has 0 aromatic carbocycles. The van der Waals surface area contributed by atoms with Gasteiger partial charge in [0, 0.05) is 26.2 Å². The SMILES string of the molecule is CC(C)S(=O)(=O)N1CCC(OC2CNC2)CC1. The second kappa shape index (κ2) is 5.22. The summed E-state index contributed by atoms with van der Waals surface area (Å²) >= 11 is 0. The molecule has 0 aromatic heterocycles. The van der Waals surface area contributed by atoms with Crippen LogP contribution in [0.2, 0.25) is 0 Å². The van der Waals surface area contributed by atoms with E-state index in [9.17, 15) is 8.42 Å². The molecule has 2 heterocycles. The highest BCUT2D eigenvalue weighted by Crippen LogP contribution is 2.20. The second-order valence-electron chi connectivity index (χ2n) is 5.11. The van der Waals surface area contributed by atoms with E-state index in [-0.39, 0.29) is 11.4 Å². The number of hydrogen-bond donors (Lipinski definition) is 1. The summed E-state index contributed by atoms with van der Waals surface area (Å²) in [6.45, 7) is 6.54. The van der Waals surface area contributed by atoms with Crippen molar-refractivity contribution in [3.8, 4) is 0 Å². The maximum Gasteiger partial charge on any atom is 0.216 e. The summed E-state index contributed by atoms with van der Waals surface area (Å²) in [5.74, 6) is 0. The van der Waals surface area contributed by atoms with Gasteiger partial charge in [-0.2, -0.15) is 0 Å². The maximum absolute atomic E-state index is 12.0. The largest absolute Gasteiger partial charge is 0.372 e. The van der Waals surface area contributed by atoms with Crippen molar-refractivity contribution in [2.75, 3.05) is 26.2 Å². The van der Waals surface area contributed by atoms with Crippen LogP contribution in [-0.4, -0.2) is 56.4 Å². The number of hydrogen-bond acceptors (Lipinski definition) is 4. The molecule has 0 saturated carbocycles. The van der Waals surface area contributed by atoms with Crippen LogP contribution >= 0.6 is 0 Å². The first-order valence-electron chi connectivity index (χ1n) is 6.35. The van der Waals surface area contributed by atoms with Crippen LogP contribution < -0.4 is 5.32 Å². The lowest BCUT2D eigenvalue weighted by atomic mass is 10.1. The van der Waals surface area contributed by atoms with E-state index in [1.165, 1.54) is 0 Å². The van der Waals surface area contributed by atoms with Gasteiger partial charge in [-0.05, 0) is 26.7 Å². The van der Waals surface area contributed by atoms with Crippen LogP contribution in [0.3, 0.4) is 0 Å². The highest BCUT2D eigenvalue weighted by atomic mass is 32.2. The molecule has 2 aliphatic rings. The Morgan fingerprint density at radius 3 is 2.18 bits per heavy atom. The van der Waals surface area contributed by atoms with Crippen LogP contribution in [0.15, 0.2) is 0 Å². The van der Waals surface area contributed by atoms with Crippen molar-refractivity contribution in [3.05, 3.63) is 0 Å². The molecule has 0 bridgehead atoms. The zero-order valence-corrected chi connectivity index (χ0v) is 11.4. The zero-order chi connectivity index (χ0) is 12.5. The predicted octanol–water partition coefficient (Wildman–Crippen LogP) is 0.177. The third-order valence-electron chi connectivity index (χ3n) is 3.49. The Bertz CT molecular complexity index is 344. The Morgan fingerprint density at radius 1 is 1.18 bits per heavy atom. The minimum absolute atomic E-state index is 0.237. The monoisotopic (exact) mass is 262 g/mol. The molecule has 0 radical (unpaired) electrons. The van der Waals surface area contributed by atoms with Gasteiger partial charge in [-0.1, -0.05) is 0 Å². The summed E-state index contributed by atoms with van der Waals surface area (Å²) < 4.78 is 31.4. The summed E-state index contributed by atoms with van der Waals surface area (Å²) in [4.78, 5) is 0. The minimum Gasteiger partial charge on any atom is -0.372 e. The molecule has 100 valence electrons. The number of nitrogens with one attached hydrogen (secondary N) is 1. The molecule has 2 saturated heterocycles. The third kappa shape index (κ3) is 2.99. The standard InChI is InChI=1S/C11H22N2O3S/c1-9(2)17(14,15)13-5-3-10(4-6-13)16-11-7-12-8-11/h9-12H,3-8H2,1-2H3. The van der Waals surface area contributed by atoms with E-state index in [4.69, 9.17) is 4.74 Å². The molecule has 2 aliphatic heterocycles. The quantitative estimate of drug-likeness (QED) is 0.785. The molecule has 0 aromatic rings. The van der Waals surface area contributed by atoms with Gasteiger partial charge in [-0.25, -0.2) is 12.7 Å². The second-order valence-corrected chi connectivity index (χ2v) is 7.60. The average Bonchev–Trinajstić information content (AvgIpc) is 2.24. The van der Waals surface area contributed by atoms with Crippen molar-refractivity contribution < 1.29 is 13.2 Å². The van der Waals surface area contributed by atoms with E-state index in [0.29, 0.717) is 19.2 Å². The summed E-state index contributed by atoms with van der Waals surface area (Å²) in [5.41, 5.74) is 0. The summed E-state index contributed by atoms with van der Waals surface area (Å²) in [5, 5.41) is 2.84. The van der Waals surface area contributed by atoms with Crippen molar-refractivity contribution in [1.82, 2.24) is 9.62 Å². The van der Waals surface area contributed by atoms with Crippen LogP contribution in [0.25, 0.3) is 0 Å². The van der Waals surface area contributed by atoms with Gasteiger partial charge < -0.3 is 10.1 Å². The van der Waals surface area contributed by atoms with E-state index in [2.05, 4.69) is 5.32 Å². The molecule has 5 nitrogen and oxygen atoms in total. The fourth-order valence-corrected chi connectivity index (χ4v) is 3.47. The highest BCUT2D eigenvalue weighted by molar-refractivity contribution is 7.89. The van der Waals surface area contributed by atoms with Crippen LogP contribution in [0.4, 0.5) is 0 Å². The van der Waals surface area contributed by atoms with Crippen LogP contribution in [0.5, 0.6) is 0 Å². The fraction of sp³-hybridized carbons (Fsp3) is 1.00. The minimum atomic E-state index is -3.08. The van der Waals surface area contributed by atoms with Gasteiger partial charge in [-0.3, -0.25) is 0 Å². The van der Waals surface area contributed by atoms with Crippen molar-refractivity contribution in [3.63, 3.8) is 0 Å². The van der Waals surface area contributed by atoms with Crippen molar-refractivity contribution in [1.29, 1.82) is 0 Å². The first-order chi connectivity index (χ1) is 8.00. The van der Waals surface area contributed by atoms with Crippen molar-refractivity contribution in [2.45, 2.75) is 44.1 Å². The van der Waals surface area contributed by atoms with Crippen LogP contribution in [0, 0.1) is 0 Å². The van der Waals surface area contributed by atoms with Crippen molar-refractivity contribution in [2.24, 2.45) is 0 Å². The number of ether oxygens (including phenoxy) is 1.